The van der Waals surface area contributed by atoms with Gasteiger partial charge in [0.15, 0.2) is 14.1 Å². The number of benzene rings is 1. The molecule has 0 N–H and O–H groups in total. The Bertz CT molecular complexity index is 736. The van der Waals surface area contributed by atoms with Crippen LogP contribution in [0.1, 0.15) is 53.0 Å². The summed E-state index contributed by atoms with van der Waals surface area (Å²) in [6.45, 7) is 18.8. The average Bonchev–Trinajstić information content (AvgIpc) is 3.21. The third-order valence-electron chi connectivity index (χ3n) is 8.06. The second-order valence-corrected chi connectivity index (χ2v) is 16.2. The number of quaternary nitrogens is 1. The Morgan fingerprint density at radius 1 is 1.10 bits per heavy atom. The smallest absolute Gasteiger partial charge is 0.192 e. The Labute approximate surface area is 190 Å². The fourth-order valence-electron chi connectivity index (χ4n) is 5.58. The van der Waals surface area contributed by atoms with Gasteiger partial charge in [-0.25, -0.2) is 0 Å². The first-order chi connectivity index (χ1) is 13.5. The van der Waals surface area contributed by atoms with Crippen LogP contribution >= 0.6 is 0 Å². The van der Waals surface area contributed by atoms with Crippen molar-refractivity contribution in [3.8, 4) is 0 Å². The Morgan fingerprint density at radius 2 is 1.73 bits per heavy atom. The van der Waals surface area contributed by atoms with Crippen LogP contribution in [0.3, 0.4) is 0 Å². The number of halogens is 1. The maximum atomic E-state index is 6.81. The highest BCUT2D eigenvalue weighted by Crippen LogP contribution is 2.51. The minimum atomic E-state index is -1.83. The second kappa shape index (κ2) is 8.16. The van der Waals surface area contributed by atoms with Crippen LogP contribution in [0.15, 0.2) is 30.3 Å². The maximum Gasteiger partial charge on any atom is 0.192 e. The van der Waals surface area contributed by atoms with Gasteiger partial charge in [-0.05, 0) is 32.0 Å². The van der Waals surface area contributed by atoms with Crippen molar-refractivity contribution in [2.45, 2.75) is 102 Å². The van der Waals surface area contributed by atoms with E-state index in [0.717, 1.165) is 17.6 Å². The highest BCUT2D eigenvalue weighted by atomic mass is 35.5. The quantitative estimate of drug-likeness (QED) is 0.504. The van der Waals surface area contributed by atoms with Crippen LogP contribution in [0, 0.1) is 0 Å². The SMILES string of the molecule is CC1(C)O[C@@H]2[C@H](O1)[C@H](CO[Si](C)(C)C(C)(C)C)[N+]1(Cc3ccccc3)CCC[C@@H]21.[Cl-]. The van der Waals surface area contributed by atoms with Crippen LogP contribution in [0.5, 0.6) is 0 Å². The van der Waals surface area contributed by atoms with Crippen LogP contribution in [-0.2, 0) is 20.4 Å². The largest absolute Gasteiger partial charge is 1.00 e. The molecule has 0 aromatic heterocycles. The van der Waals surface area contributed by atoms with E-state index in [1.165, 1.54) is 24.9 Å². The standard InChI is InChI=1S/C24H40NO3Si.ClH/c1-23(2,3)29(6,7)26-17-20-22-21(27-24(4,5)28-22)19-14-11-15-25(19,20)16-18-12-9-8-10-13-18;/h8-10,12-13,19-22H,11,14-17H2,1-7H3;1H/q+1;/p-1/t19-,20-,21-,22+,25?;/m0./s1. The predicted octanol–water partition coefficient (Wildman–Crippen LogP) is 2.09. The van der Waals surface area contributed by atoms with E-state index < -0.39 is 14.1 Å². The van der Waals surface area contributed by atoms with Gasteiger partial charge in [0.05, 0.1) is 13.2 Å². The highest BCUT2D eigenvalue weighted by Gasteiger charge is 2.68. The van der Waals surface area contributed by atoms with Gasteiger partial charge in [0.2, 0.25) is 0 Å². The highest BCUT2D eigenvalue weighted by molar-refractivity contribution is 6.74. The van der Waals surface area contributed by atoms with Crippen LogP contribution in [0.2, 0.25) is 18.1 Å². The third-order valence-corrected chi connectivity index (χ3v) is 12.6. The van der Waals surface area contributed by atoms with Gasteiger partial charge in [-0.15, -0.1) is 0 Å². The van der Waals surface area contributed by atoms with E-state index in [4.69, 9.17) is 13.9 Å². The molecule has 3 heterocycles. The summed E-state index contributed by atoms with van der Waals surface area (Å²) in [7, 11) is -1.83. The number of nitrogens with zero attached hydrogens (tertiary/aromatic N) is 1. The van der Waals surface area contributed by atoms with Crippen LogP contribution in [0.4, 0.5) is 0 Å². The van der Waals surface area contributed by atoms with Gasteiger partial charge < -0.3 is 30.8 Å². The van der Waals surface area contributed by atoms with E-state index in [-0.39, 0.29) is 29.7 Å². The Morgan fingerprint density at radius 3 is 2.37 bits per heavy atom. The molecular weight excluding hydrogens is 414 g/mol. The third kappa shape index (κ3) is 4.14. The summed E-state index contributed by atoms with van der Waals surface area (Å²) < 4.78 is 20.9. The number of rotatable bonds is 5. The second-order valence-electron chi connectivity index (χ2n) is 11.4. The van der Waals surface area contributed by atoms with Crippen molar-refractivity contribution >= 4 is 8.32 Å². The molecular formula is C24H40ClNO3Si. The molecule has 1 aromatic rings. The van der Waals surface area contributed by atoms with Crippen molar-refractivity contribution in [2.75, 3.05) is 13.2 Å². The Balaban J connectivity index is 0.00000256. The molecule has 170 valence electrons. The summed E-state index contributed by atoms with van der Waals surface area (Å²) >= 11 is 0. The lowest BCUT2D eigenvalue weighted by Gasteiger charge is -2.44. The summed E-state index contributed by atoms with van der Waals surface area (Å²) in [6, 6.07) is 11.8. The van der Waals surface area contributed by atoms with Crippen molar-refractivity contribution in [3.05, 3.63) is 35.9 Å². The molecule has 3 saturated heterocycles. The van der Waals surface area contributed by atoms with Crippen LogP contribution in [-0.4, -0.2) is 56.0 Å². The lowest BCUT2D eigenvalue weighted by Crippen LogP contribution is -3.00. The van der Waals surface area contributed by atoms with Gasteiger partial charge in [0, 0.05) is 18.4 Å². The molecule has 5 atom stereocenters. The first kappa shape index (κ1) is 24.2. The molecule has 1 aromatic carbocycles. The molecule has 3 aliphatic heterocycles. The molecule has 0 saturated carbocycles. The first-order valence-electron chi connectivity index (χ1n) is 11.4. The van der Waals surface area contributed by atoms with E-state index >= 15 is 0 Å². The predicted molar refractivity (Wildman–Crippen MR) is 119 cm³/mol. The topological polar surface area (TPSA) is 27.7 Å². The van der Waals surface area contributed by atoms with E-state index in [2.05, 4.69) is 78.0 Å². The average molecular weight is 454 g/mol. The number of hydrogen-bond acceptors (Lipinski definition) is 3. The van der Waals surface area contributed by atoms with Gasteiger partial charge >= 0.3 is 0 Å². The van der Waals surface area contributed by atoms with Crippen LogP contribution < -0.4 is 12.4 Å². The first-order valence-corrected chi connectivity index (χ1v) is 14.3. The monoisotopic (exact) mass is 453 g/mol. The zero-order valence-corrected chi connectivity index (χ0v) is 21.5. The number of hydrogen-bond donors (Lipinski definition) is 0. The molecule has 0 amide bonds. The fourth-order valence-corrected chi connectivity index (χ4v) is 6.60. The molecule has 0 radical (unpaired) electrons. The van der Waals surface area contributed by atoms with Crippen molar-refractivity contribution in [1.82, 2.24) is 0 Å². The summed E-state index contributed by atoms with van der Waals surface area (Å²) in [5, 5.41) is 0.214. The molecule has 4 nitrogen and oxygen atoms in total. The molecule has 6 heteroatoms. The number of fused-ring (bicyclic) bond motifs is 3. The fraction of sp³-hybridized carbons (Fsp3) is 0.750. The van der Waals surface area contributed by atoms with E-state index in [0.29, 0.717) is 12.1 Å². The minimum absolute atomic E-state index is 0. The summed E-state index contributed by atoms with van der Waals surface area (Å²) in [5.74, 6) is -0.490. The zero-order valence-electron chi connectivity index (χ0n) is 19.8. The van der Waals surface area contributed by atoms with Gasteiger partial charge in [-0.1, -0.05) is 51.1 Å². The molecule has 30 heavy (non-hydrogen) atoms. The molecule has 1 unspecified atom stereocenters. The van der Waals surface area contributed by atoms with Crippen molar-refractivity contribution in [1.29, 1.82) is 0 Å². The van der Waals surface area contributed by atoms with Crippen molar-refractivity contribution in [2.24, 2.45) is 0 Å². The van der Waals surface area contributed by atoms with E-state index in [1.807, 2.05) is 0 Å². The molecule has 4 rings (SSSR count). The zero-order chi connectivity index (χ0) is 21.1. The lowest BCUT2D eigenvalue weighted by molar-refractivity contribution is -0.965. The molecule has 0 bridgehead atoms. The summed E-state index contributed by atoms with van der Waals surface area (Å²) in [5.41, 5.74) is 1.41. The van der Waals surface area contributed by atoms with Gasteiger partial charge in [0.25, 0.3) is 0 Å². The van der Waals surface area contributed by atoms with Gasteiger partial charge in [0.1, 0.15) is 30.8 Å². The normalized spacial score (nSPS) is 35.0. The maximum absolute atomic E-state index is 6.81. The minimum Gasteiger partial charge on any atom is -1.00 e. The van der Waals surface area contributed by atoms with Crippen LogP contribution in [0.25, 0.3) is 0 Å². The van der Waals surface area contributed by atoms with E-state index in [9.17, 15) is 0 Å². The van der Waals surface area contributed by atoms with Crippen molar-refractivity contribution in [3.63, 3.8) is 0 Å². The summed E-state index contributed by atoms with van der Waals surface area (Å²) in [4.78, 5) is 0. The molecule has 3 fully saturated rings. The molecule has 3 aliphatic rings. The Kier molecular flexibility index (Phi) is 6.59. The lowest BCUT2D eigenvalue weighted by atomic mass is 10.1. The Hall–Kier alpha value is -0.433. The van der Waals surface area contributed by atoms with Gasteiger partial charge in [-0.3, -0.25) is 0 Å². The summed E-state index contributed by atoms with van der Waals surface area (Å²) in [6.07, 6.45) is 2.80. The van der Waals surface area contributed by atoms with E-state index in [1.54, 1.807) is 0 Å². The van der Waals surface area contributed by atoms with Crippen molar-refractivity contribution < 1.29 is 30.8 Å². The van der Waals surface area contributed by atoms with Gasteiger partial charge in [-0.2, -0.15) is 0 Å². The number of ether oxygens (including phenoxy) is 2. The molecule has 0 spiro atoms. The molecule has 0 aliphatic carbocycles.